The molecule has 43 heavy (non-hydrogen) atoms. The molecule has 1 N–H and O–H groups in total. The van der Waals surface area contributed by atoms with Gasteiger partial charge in [0.15, 0.2) is 5.69 Å². The van der Waals surface area contributed by atoms with Gasteiger partial charge in [0, 0.05) is 21.9 Å². The summed E-state index contributed by atoms with van der Waals surface area (Å²) >= 11 is 1.57. The van der Waals surface area contributed by atoms with E-state index >= 15 is 0 Å². The molecule has 0 amide bonds. The van der Waals surface area contributed by atoms with Crippen molar-refractivity contribution in [3.8, 4) is 49.7 Å². The van der Waals surface area contributed by atoms with Crippen molar-refractivity contribution in [2.45, 2.75) is 0 Å². The molecule has 6 aromatic carbocycles. The summed E-state index contributed by atoms with van der Waals surface area (Å²) in [4.78, 5) is 8.58. The van der Waals surface area contributed by atoms with Crippen molar-refractivity contribution in [3.63, 3.8) is 0 Å². The molecule has 0 aliphatic carbocycles. The van der Waals surface area contributed by atoms with Crippen LogP contribution in [0.15, 0.2) is 132 Å². The second kappa shape index (κ2) is 9.99. The quantitative estimate of drug-likeness (QED) is 0.214. The maximum absolute atomic E-state index is 10.6. The minimum atomic E-state index is 0.211. The highest BCUT2D eigenvalue weighted by Crippen LogP contribution is 2.44. The Bertz CT molecular complexity index is 2360. The van der Waals surface area contributed by atoms with Gasteiger partial charge in [0.05, 0.1) is 22.4 Å². The lowest BCUT2D eigenvalue weighted by atomic mass is 9.95. The Kier molecular flexibility index (Phi) is 5.82. The SMILES string of the molecule is [C-]#[N+]c1ccc(-c2ccc(-c3cc(-c4cccc5c4oc4ccccc45)c4nc(-c5ccccc5O)sc4c3)cc2)cc1. The molecule has 0 atom stereocenters. The number of fused-ring (bicyclic) bond motifs is 4. The number of aromatic nitrogens is 1. The average molecular weight is 571 g/mol. The summed E-state index contributed by atoms with van der Waals surface area (Å²) < 4.78 is 7.47. The summed E-state index contributed by atoms with van der Waals surface area (Å²) in [6.07, 6.45) is 0. The second-order valence-corrected chi connectivity index (χ2v) is 11.5. The van der Waals surface area contributed by atoms with Crippen molar-refractivity contribution in [1.82, 2.24) is 4.98 Å². The van der Waals surface area contributed by atoms with Gasteiger partial charge in [-0.15, -0.1) is 11.3 Å². The molecular formula is C38H22N2O2S. The van der Waals surface area contributed by atoms with Gasteiger partial charge in [-0.2, -0.15) is 0 Å². The van der Waals surface area contributed by atoms with Crippen LogP contribution in [-0.2, 0) is 0 Å². The van der Waals surface area contributed by atoms with E-state index in [0.717, 1.165) is 70.5 Å². The zero-order valence-electron chi connectivity index (χ0n) is 22.8. The highest BCUT2D eigenvalue weighted by atomic mass is 32.1. The maximum atomic E-state index is 10.6. The molecule has 2 aromatic heterocycles. The van der Waals surface area contributed by atoms with Crippen molar-refractivity contribution in [2.75, 3.05) is 0 Å². The third-order valence-corrected chi connectivity index (χ3v) is 8.91. The zero-order valence-corrected chi connectivity index (χ0v) is 23.6. The summed E-state index contributed by atoms with van der Waals surface area (Å²) in [5.74, 6) is 0.211. The summed E-state index contributed by atoms with van der Waals surface area (Å²) in [6.45, 7) is 7.22. The Morgan fingerprint density at radius 2 is 1.28 bits per heavy atom. The molecule has 2 heterocycles. The molecule has 0 aliphatic heterocycles. The number of para-hydroxylation sites is 3. The van der Waals surface area contributed by atoms with Gasteiger partial charge < -0.3 is 9.52 Å². The fourth-order valence-corrected chi connectivity index (χ4v) is 6.78. The number of benzene rings is 6. The van der Waals surface area contributed by atoms with Crippen LogP contribution in [0.4, 0.5) is 5.69 Å². The number of nitrogens with zero attached hydrogens (tertiary/aromatic N) is 2. The summed E-state index contributed by atoms with van der Waals surface area (Å²) in [5, 5.41) is 13.5. The molecular weight excluding hydrogens is 548 g/mol. The Balaban J connectivity index is 1.33. The van der Waals surface area contributed by atoms with Crippen molar-refractivity contribution < 1.29 is 9.52 Å². The first-order valence-electron chi connectivity index (χ1n) is 13.9. The number of hydrogen-bond acceptors (Lipinski definition) is 4. The number of aromatic hydroxyl groups is 1. The first kappa shape index (κ1) is 25.0. The van der Waals surface area contributed by atoms with Crippen LogP contribution in [0.3, 0.4) is 0 Å². The van der Waals surface area contributed by atoms with Crippen LogP contribution in [0.2, 0.25) is 0 Å². The first-order valence-corrected chi connectivity index (χ1v) is 14.7. The van der Waals surface area contributed by atoms with Gasteiger partial charge in [0.2, 0.25) is 0 Å². The van der Waals surface area contributed by atoms with E-state index in [1.165, 1.54) is 0 Å². The lowest BCUT2D eigenvalue weighted by Crippen LogP contribution is -1.86. The Morgan fingerprint density at radius 1 is 0.628 bits per heavy atom. The number of phenols is 1. The van der Waals surface area contributed by atoms with Crippen molar-refractivity contribution in [2.24, 2.45) is 0 Å². The average Bonchev–Trinajstić information content (AvgIpc) is 3.66. The monoisotopic (exact) mass is 570 g/mol. The molecule has 202 valence electrons. The molecule has 8 aromatic rings. The predicted octanol–water partition coefficient (Wildman–Crippen LogP) is 11.1. The second-order valence-electron chi connectivity index (χ2n) is 10.4. The third kappa shape index (κ3) is 4.25. The number of phenolic OH excluding ortho intramolecular Hbond substituents is 1. The zero-order chi connectivity index (χ0) is 28.9. The standard InChI is InChI=1S/C38H22N2O2S/c1-39-27-19-17-24(18-20-27)23-13-15-25(16-14-23)26-21-32(30-10-6-9-29-28-7-3-5-12-34(28)42-37(29)30)36-35(22-26)43-38(40-36)31-8-2-4-11-33(31)41/h2-22,41H. The minimum Gasteiger partial charge on any atom is -0.507 e. The van der Waals surface area contributed by atoms with E-state index in [9.17, 15) is 5.11 Å². The Morgan fingerprint density at radius 3 is 2.05 bits per heavy atom. The molecule has 0 radical (unpaired) electrons. The van der Waals surface area contributed by atoms with E-state index in [1.54, 1.807) is 17.4 Å². The van der Waals surface area contributed by atoms with E-state index in [4.69, 9.17) is 16.0 Å². The Hall–Kier alpha value is -5.70. The van der Waals surface area contributed by atoms with Crippen LogP contribution in [0.5, 0.6) is 5.75 Å². The van der Waals surface area contributed by atoms with Gasteiger partial charge in [0.25, 0.3) is 0 Å². The normalized spacial score (nSPS) is 11.3. The highest BCUT2D eigenvalue weighted by molar-refractivity contribution is 7.21. The van der Waals surface area contributed by atoms with Crippen LogP contribution in [0.1, 0.15) is 0 Å². The molecule has 4 nitrogen and oxygen atoms in total. The molecule has 0 bridgehead atoms. The number of hydrogen-bond donors (Lipinski definition) is 1. The molecule has 0 unspecified atom stereocenters. The van der Waals surface area contributed by atoms with Gasteiger partial charge in [-0.1, -0.05) is 97.1 Å². The van der Waals surface area contributed by atoms with Gasteiger partial charge in [-0.05, 0) is 52.6 Å². The number of rotatable bonds is 4. The first-order chi connectivity index (χ1) is 21.2. The van der Waals surface area contributed by atoms with Crippen molar-refractivity contribution >= 4 is 49.2 Å². The van der Waals surface area contributed by atoms with Gasteiger partial charge in [0.1, 0.15) is 21.9 Å². The van der Waals surface area contributed by atoms with Crippen LogP contribution >= 0.6 is 11.3 Å². The summed E-state index contributed by atoms with van der Waals surface area (Å²) in [7, 11) is 0. The van der Waals surface area contributed by atoms with Crippen LogP contribution in [-0.4, -0.2) is 10.1 Å². The van der Waals surface area contributed by atoms with Crippen LogP contribution in [0.25, 0.3) is 81.0 Å². The van der Waals surface area contributed by atoms with E-state index in [-0.39, 0.29) is 5.75 Å². The van der Waals surface area contributed by atoms with E-state index in [2.05, 4.69) is 65.5 Å². The molecule has 0 fully saturated rings. The summed E-state index contributed by atoms with van der Waals surface area (Å²) in [5.41, 5.74) is 10.2. The molecule has 0 saturated carbocycles. The predicted molar refractivity (Wildman–Crippen MR) is 177 cm³/mol. The van der Waals surface area contributed by atoms with E-state index < -0.39 is 0 Å². The lowest BCUT2D eigenvalue weighted by molar-refractivity contribution is 0.477. The maximum Gasteiger partial charge on any atom is 0.187 e. The highest BCUT2D eigenvalue weighted by Gasteiger charge is 2.19. The van der Waals surface area contributed by atoms with Crippen LogP contribution < -0.4 is 0 Å². The Labute approximate surface area is 251 Å². The largest absolute Gasteiger partial charge is 0.507 e. The molecule has 0 spiro atoms. The van der Waals surface area contributed by atoms with Crippen molar-refractivity contribution in [1.29, 1.82) is 0 Å². The van der Waals surface area contributed by atoms with Crippen LogP contribution in [0, 0.1) is 6.57 Å². The third-order valence-electron chi connectivity index (χ3n) is 7.87. The van der Waals surface area contributed by atoms with Gasteiger partial charge in [-0.25, -0.2) is 9.83 Å². The topological polar surface area (TPSA) is 50.6 Å². The smallest absolute Gasteiger partial charge is 0.187 e. The van der Waals surface area contributed by atoms with Crippen molar-refractivity contribution in [3.05, 3.63) is 139 Å². The molecule has 8 rings (SSSR count). The van der Waals surface area contributed by atoms with E-state index in [1.807, 2.05) is 60.7 Å². The van der Waals surface area contributed by atoms with E-state index in [0.29, 0.717) is 11.3 Å². The number of furan rings is 1. The summed E-state index contributed by atoms with van der Waals surface area (Å²) in [6, 6.07) is 42.3. The van der Waals surface area contributed by atoms with Gasteiger partial charge >= 0.3 is 0 Å². The molecule has 0 aliphatic rings. The lowest BCUT2D eigenvalue weighted by Gasteiger charge is -2.10. The fourth-order valence-electron chi connectivity index (χ4n) is 5.71. The minimum absolute atomic E-state index is 0.211. The molecule has 5 heteroatoms. The fraction of sp³-hybridized carbons (Fsp3) is 0. The number of thiazole rings is 1. The molecule has 0 saturated heterocycles. The van der Waals surface area contributed by atoms with Gasteiger partial charge in [-0.3, -0.25) is 0 Å².